The normalized spacial score (nSPS) is 14.6. The highest BCUT2D eigenvalue weighted by atomic mass is 16.5. The molecule has 0 amide bonds. The Morgan fingerprint density at radius 2 is 1.74 bits per heavy atom. The van der Waals surface area contributed by atoms with Crippen LogP contribution in [0.15, 0.2) is 72.9 Å². The first kappa shape index (κ1) is 19.4. The zero-order valence-corrected chi connectivity index (χ0v) is 17.0. The maximum atomic E-state index is 12.9. The third-order valence-electron chi connectivity index (χ3n) is 5.37. The van der Waals surface area contributed by atoms with E-state index in [9.17, 15) is 4.79 Å². The molecule has 1 fully saturated rings. The lowest BCUT2D eigenvalue weighted by Crippen LogP contribution is -2.35. The van der Waals surface area contributed by atoms with E-state index >= 15 is 0 Å². The average Bonchev–Trinajstić information content (AvgIpc) is 3.32. The lowest BCUT2D eigenvalue weighted by molar-refractivity contribution is 0.0339. The van der Waals surface area contributed by atoms with Crippen molar-refractivity contribution >= 4 is 16.7 Å². The second kappa shape index (κ2) is 8.67. The predicted octanol–water partition coefficient (Wildman–Crippen LogP) is 3.47. The van der Waals surface area contributed by atoms with Gasteiger partial charge < -0.3 is 9.47 Å². The Kier molecular flexibility index (Phi) is 5.43. The minimum absolute atomic E-state index is 0.161. The molecule has 0 bridgehead atoms. The van der Waals surface area contributed by atoms with Crippen molar-refractivity contribution in [3.8, 4) is 11.4 Å². The van der Waals surface area contributed by atoms with Crippen molar-refractivity contribution < 1.29 is 14.3 Å². The fourth-order valence-corrected chi connectivity index (χ4v) is 3.75. The Hall–Kier alpha value is -3.55. The number of fused-ring (bicyclic) bond motifs is 1. The molecule has 3 aromatic carbocycles. The van der Waals surface area contributed by atoms with Crippen LogP contribution in [-0.2, 0) is 11.3 Å². The van der Waals surface area contributed by atoms with Gasteiger partial charge >= 0.3 is 5.97 Å². The topological polar surface area (TPSA) is 69.5 Å². The Morgan fingerprint density at radius 3 is 2.58 bits per heavy atom. The van der Waals surface area contributed by atoms with E-state index in [-0.39, 0.29) is 5.69 Å². The summed E-state index contributed by atoms with van der Waals surface area (Å²) in [5, 5.41) is 10.7. The molecule has 1 aliphatic heterocycles. The van der Waals surface area contributed by atoms with Crippen LogP contribution >= 0.6 is 0 Å². The number of benzene rings is 3. The fraction of sp³-hybridized carbons (Fsp3) is 0.208. The molecule has 7 heteroatoms. The van der Waals surface area contributed by atoms with E-state index in [1.54, 1.807) is 0 Å². The van der Waals surface area contributed by atoms with E-state index in [2.05, 4.69) is 27.2 Å². The van der Waals surface area contributed by atoms with Gasteiger partial charge in [-0.05, 0) is 29.0 Å². The van der Waals surface area contributed by atoms with E-state index in [0.29, 0.717) is 25.5 Å². The predicted molar refractivity (Wildman–Crippen MR) is 116 cm³/mol. The molecule has 7 nitrogen and oxygen atoms in total. The summed E-state index contributed by atoms with van der Waals surface area (Å²) < 4.78 is 11.3. The van der Waals surface area contributed by atoms with Gasteiger partial charge in [0, 0.05) is 25.2 Å². The fourth-order valence-electron chi connectivity index (χ4n) is 3.75. The molecular weight excluding hydrogens is 392 g/mol. The number of esters is 1. The van der Waals surface area contributed by atoms with Crippen LogP contribution in [0.4, 0.5) is 0 Å². The van der Waals surface area contributed by atoms with E-state index < -0.39 is 5.97 Å². The highest BCUT2D eigenvalue weighted by molar-refractivity contribution is 5.92. The van der Waals surface area contributed by atoms with Crippen molar-refractivity contribution in [1.29, 1.82) is 0 Å². The van der Waals surface area contributed by atoms with Gasteiger partial charge in [-0.2, -0.15) is 9.90 Å². The molecule has 0 atom stereocenters. The quantitative estimate of drug-likeness (QED) is 0.368. The number of aromatic nitrogens is 3. The first-order valence-electron chi connectivity index (χ1n) is 10.3. The van der Waals surface area contributed by atoms with Crippen molar-refractivity contribution in [3.05, 3.63) is 84.2 Å². The van der Waals surface area contributed by atoms with Crippen LogP contribution in [0.1, 0.15) is 16.1 Å². The summed E-state index contributed by atoms with van der Waals surface area (Å²) in [6, 6.07) is 21.4. The van der Waals surface area contributed by atoms with Gasteiger partial charge in [0.2, 0.25) is 0 Å². The van der Waals surface area contributed by atoms with Crippen molar-refractivity contribution in [2.45, 2.75) is 6.54 Å². The smallest absolute Gasteiger partial charge is 0.365 e. The minimum atomic E-state index is -0.527. The number of para-hydroxylation sites is 1. The SMILES string of the molecule is O=C(Oc1ccc2ccccc2c1CN1CCOCC1)c1cnn(-c2ccccc2)n1. The number of nitrogens with zero attached hydrogens (tertiary/aromatic N) is 4. The monoisotopic (exact) mass is 414 g/mol. The molecule has 1 aliphatic rings. The Balaban J connectivity index is 1.43. The van der Waals surface area contributed by atoms with E-state index in [1.807, 2.05) is 54.6 Å². The highest BCUT2D eigenvalue weighted by Gasteiger charge is 2.20. The van der Waals surface area contributed by atoms with Crippen LogP contribution in [0.25, 0.3) is 16.5 Å². The summed E-state index contributed by atoms with van der Waals surface area (Å²) in [7, 11) is 0. The molecule has 2 heterocycles. The maximum Gasteiger partial charge on any atom is 0.365 e. The Bertz CT molecular complexity index is 1200. The van der Waals surface area contributed by atoms with Gasteiger partial charge in [0.15, 0.2) is 5.69 Å². The molecule has 4 aromatic rings. The lowest BCUT2D eigenvalue weighted by atomic mass is 10.0. The molecule has 0 saturated carbocycles. The molecular formula is C24H22N4O3. The molecule has 0 unspecified atom stereocenters. The molecule has 31 heavy (non-hydrogen) atoms. The average molecular weight is 414 g/mol. The third-order valence-corrected chi connectivity index (χ3v) is 5.37. The van der Waals surface area contributed by atoms with Gasteiger partial charge in [-0.15, -0.1) is 5.10 Å². The molecule has 156 valence electrons. The Morgan fingerprint density at radius 1 is 0.968 bits per heavy atom. The molecule has 1 aromatic heterocycles. The number of hydrogen-bond acceptors (Lipinski definition) is 6. The molecule has 0 N–H and O–H groups in total. The van der Waals surface area contributed by atoms with Gasteiger partial charge in [0.25, 0.3) is 0 Å². The van der Waals surface area contributed by atoms with Crippen LogP contribution in [0, 0.1) is 0 Å². The number of carbonyl (C=O) groups is 1. The molecule has 1 saturated heterocycles. The molecule has 0 radical (unpaired) electrons. The summed E-state index contributed by atoms with van der Waals surface area (Å²) in [4.78, 5) is 16.6. The number of hydrogen-bond donors (Lipinski definition) is 0. The second-order valence-electron chi connectivity index (χ2n) is 7.40. The minimum Gasteiger partial charge on any atom is -0.421 e. The van der Waals surface area contributed by atoms with Gasteiger partial charge in [-0.25, -0.2) is 4.79 Å². The summed E-state index contributed by atoms with van der Waals surface area (Å²) in [6.45, 7) is 3.80. The molecule has 0 aliphatic carbocycles. The summed E-state index contributed by atoms with van der Waals surface area (Å²) >= 11 is 0. The van der Waals surface area contributed by atoms with Gasteiger partial charge in [-0.3, -0.25) is 4.90 Å². The maximum absolute atomic E-state index is 12.9. The number of ether oxygens (including phenoxy) is 2. The number of rotatable bonds is 5. The second-order valence-corrected chi connectivity index (χ2v) is 7.40. The van der Waals surface area contributed by atoms with E-state index in [0.717, 1.165) is 35.1 Å². The van der Waals surface area contributed by atoms with Crippen molar-refractivity contribution in [3.63, 3.8) is 0 Å². The third kappa shape index (κ3) is 4.19. The van der Waals surface area contributed by atoms with Crippen molar-refractivity contribution in [2.75, 3.05) is 26.3 Å². The number of morpholine rings is 1. The molecule has 5 rings (SSSR count). The highest BCUT2D eigenvalue weighted by Crippen LogP contribution is 2.30. The summed E-state index contributed by atoms with van der Waals surface area (Å²) in [5.74, 6) is 0.0187. The Labute approximate surface area is 179 Å². The van der Waals surface area contributed by atoms with Crippen LogP contribution in [0.5, 0.6) is 5.75 Å². The zero-order valence-electron chi connectivity index (χ0n) is 17.0. The first-order valence-corrected chi connectivity index (χ1v) is 10.3. The van der Waals surface area contributed by atoms with Crippen LogP contribution in [0.2, 0.25) is 0 Å². The summed E-state index contributed by atoms with van der Waals surface area (Å²) in [6.07, 6.45) is 1.43. The van der Waals surface area contributed by atoms with Crippen molar-refractivity contribution in [2.24, 2.45) is 0 Å². The lowest BCUT2D eigenvalue weighted by Gasteiger charge is -2.27. The van der Waals surface area contributed by atoms with Crippen LogP contribution < -0.4 is 4.74 Å². The standard InChI is InChI=1S/C24H22N4O3/c29-24(22-16-25-28(26-22)19-7-2-1-3-8-19)31-23-11-10-18-6-4-5-9-20(18)21(23)17-27-12-14-30-15-13-27/h1-11,16H,12-15,17H2. The van der Waals surface area contributed by atoms with Crippen LogP contribution in [-0.4, -0.2) is 52.2 Å². The molecule has 0 spiro atoms. The number of carbonyl (C=O) groups excluding carboxylic acids is 1. The van der Waals surface area contributed by atoms with E-state index in [1.165, 1.54) is 11.0 Å². The van der Waals surface area contributed by atoms with Crippen molar-refractivity contribution in [1.82, 2.24) is 19.9 Å². The van der Waals surface area contributed by atoms with Crippen LogP contribution in [0.3, 0.4) is 0 Å². The van der Waals surface area contributed by atoms with E-state index in [4.69, 9.17) is 9.47 Å². The van der Waals surface area contributed by atoms with Gasteiger partial charge in [0.1, 0.15) is 5.75 Å². The largest absolute Gasteiger partial charge is 0.421 e. The van der Waals surface area contributed by atoms with Gasteiger partial charge in [-0.1, -0.05) is 48.5 Å². The van der Waals surface area contributed by atoms with Gasteiger partial charge in [0.05, 0.1) is 25.1 Å². The summed E-state index contributed by atoms with van der Waals surface area (Å²) in [5.41, 5.74) is 1.93. The first-order chi connectivity index (χ1) is 15.3. The zero-order chi connectivity index (χ0) is 21.0.